The van der Waals surface area contributed by atoms with Gasteiger partial charge in [0.2, 0.25) is 0 Å². The van der Waals surface area contributed by atoms with Crippen molar-refractivity contribution in [2.45, 2.75) is 38.7 Å². The molecule has 0 amide bonds. The first-order chi connectivity index (χ1) is 8.49. The lowest BCUT2D eigenvalue weighted by Gasteiger charge is -2.20. The fourth-order valence-electron chi connectivity index (χ4n) is 1.63. The summed E-state index contributed by atoms with van der Waals surface area (Å²) in [5.74, 6) is 0. The first-order valence-electron chi connectivity index (χ1n) is 6.21. The van der Waals surface area contributed by atoms with Gasteiger partial charge < -0.3 is 9.84 Å². The number of ether oxygens (including phenoxy) is 1. The second-order valence-corrected chi connectivity index (χ2v) is 5.33. The van der Waals surface area contributed by atoms with E-state index in [1.54, 1.807) is 0 Å². The molecular formula is C15H21NO2. The highest BCUT2D eigenvalue weighted by molar-refractivity contribution is 5.30. The maximum absolute atomic E-state index is 9.07. The SMILES string of the molecule is CC(C)(C)c1ccc(C(C#N)OCCCO)cc1. The number of hydrogen-bond donors (Lipinski definition) is 1. The molecule has 1 atom stereocenters. The first kappa shape index (κ1) is 14.7. The highest BCUT2D eigenvalue weighted by atomic mass is 16.5. The van der Waals surface area contributed by atoms with Crippen molar-refractivity contribution in [3.8, 4) is 6.07 Å². The van der Waals surface area contributed by atoms with Gasteiger partial charge in [-0.2, -0.15) is 5.26 Å². The van der Waals surface area contributed by atoms with Crippen molar-refractivity contribution < 1.29 is 9.84 Å². The molecule has 18 heavy (non-hydrogen) atoms. The lowest BCUT2D eigenvalue weighted by Crippen LogP contribution is -2.11. The average molecular weight is 247 g/mol. The Labute approximate surface area is 109 Å². The van der Waals surface area contributed by atoms with Gasteiger partial charge in [0, 0.05) is 6.61 Å². The second kappa shape index (κ2) is 6.53. The summed E-state index contributed by atoms with van der Waals surface area (Å²) in [6.45, 7) is 6.95. The molecule has 98 valence electrons. The van der Waals surface area contributed by atoms with E-state index in [1.165, 1.54) is 5.56 Å². The summed E-state index contributed by atoms with van der Waals surface area (Å²) < 4.78 is 5.42. The molecule has 0 bridgehead atoms. The highest BCUT2D eigenvalue weighted by Gasteiger charge is 2.15. The molecule has 0 fully saturated rings. The molecule has 3 heteroatoms. The number of nitriles is 1. The predicted octanol–water partition coefficient (Wildman–Crippen LogP) is 2.95. The largest absolute Gasteiger partial charge is 0.396 e. The minimum Gasteiger partial charge on any atom is -0.396 e. The minimum absolute atomic E-state index is 0.0844. The van der Waals surface area contributed by atoms with Gasteiger partial charge in [-0.3, -0.25) is 0 Å². The Hall–Kier alpha value is -1.37. The fraction of sp³-hybridized carbons (Fsp3) is 0.533. The van der Waals surface area contributed by atoms with Crippen LogP contribution < -0.4 is 0 Å². The van der Waals surface area contributed by atoms with Gasteiger partial charge in [-0.05, 0) is 23.0 Å². The van der Waals surface area contributed by atoms with E-state index >= 15 is 0 Å². The van der Waals surface area contributed by atoms with Crippen molar-refractivity contribution in [2.75, 3.05) is 13.2 Å². The number of benzene rings is 1. The predicted molar refractivity (Wildman–Crippen MR) is 71.2 cm³/mol. The third-order valence-electron chi connectivity index (χ3n) is 2.78. The van der Waals surface area contributed by atoms with E-state index in [9.17, 15) is 0 Å². The van der Waals surface area contributed by atoms with Crippen LogP contribution in [0.5, 0.6) is 0 Å². The lowest BCUT2D eigenvalue weighted by atomic mass is 9.86. The molecule has 0 aliphatic rings. The van der Waals surface area contributed by atoms with Crippen LogP contribution in [0.1, 0.15) is 44.4 Å². The molecule has 0 spiro atoms. The van der Waals surface area contributed by atoms with Crippen LogP contribution in [0.25, 0.3) is 0 Å². The summed E-state index contributed by atoms with van der Waals surface area (Å²) in [5, 5.41) is 17.8. The van der Waals surface area contributed by atoms with Gasteiger partial charge in [-0.1, -0.05) is 45.0 Å². The molecule has 1 aromatic carbocycles. The maximum Gasteiger partial charge on any atom is 0.169 e. The molecule has 0 heterocycles. The van der Waals surface area contributed by atoms with Crippen molar-refractivity contribution in [1.29, 1.82) is 5.26 Å². The van der Waals surface area contributed by atoms with E-state index in [1.807, 2.05) is 24.3 Å². The Morgan fingerprint density at radius 1 is 1.28 bits per heavy atom. The summed E-state index contributed by atoms with van der Waals surface area (Å²) in [6.07, 6.45) is 0.00342. The van der Waals surface area contributed by atoms with Crippen molar-refractivity contribution >= 4 is 0 Å². The van der Waals surface area contributed by atoms with Crippen LogP contribution in [-0.2, 0) is 10.2 Å². The normalized spacial score (nSPS) is 13.1. The molecule has 0 radical (unpaired) electrons. The molecule has 0 aromatic heterocycles. The van der Waals surface area contributed by atoms with Crippen LogP contribution in [0.4, 0.5) is 0 Å². The Balaban J connectivity index is 2.74. The zero-order valence-electron chi connectivity index (χ0n) is 11.3. The van der Waals surface area contributed by atoms with Gasteiger partial charge in [0.25, 0.3) is 0 Å². The molecule has 1 aromatic rings. The molecule has 3 nitrogen and oxygen atoms in total. The number of hydrogen-bond acceptors (Lipinski definition) is 3. The molecule has 1 unspecified atom stereocenters. The summed E-state index contributed by atoms with van der Waals surface area (Å²) in [7, 11) is 0. The van der Waals surface area contributed by atoms with Gasteiger partial charge in [0.05, 0.1) is 12.7 Å². The lowest BCUT2D eigenvalue weighted by molar-refractivity contribution is 0.0774. The van der Waals surface area contributed by atoms with Gasteiger partial charge in [0.15, 0.2) is 6.10 Å². The van der Waals surface area contributed by atoms with Gasteiger partial charge >= 0.3 is 0 Å². The van der Waals surface area contributed by atoms with Crippen LogP contribution in [0.3, 0.4) is 0 Å². The quantitative estimate of drug-likeness (QED) is 0.814. The number of nitrogens with zero attached hydrogens (tertiary/aromatic N) is 1. The van der Waals surface area contributed by atoms with Crippen molar-refractivity contribution in [2.24, 2.45) is 0 Å². The number of aliphatic hydroxyl groups excluding tert-OH is 1. The molecule has 1 rings (SSSR count). The fourth-order valence-corrected chi connectivity index (χ4v) is 1.63. The van der Waals surface area contributed by atoms with E-state index in [4.69, 9.17) is 15.1 Å². The summed E-state index contributed by atoms with van der Waals surface area (Å²) >= 11 is 0. The number of aliphatic hydroxyl groups is 1. The zero-order valence-corrected chi connectivity index (χ0v) is 11.3. The second-order valence-electron chi connectivity index (χ2n) is 5.33. The van der Waals surface area contributed by atoms with E-state index in [2.05, 4.69) is 26.8 Å². The van der Waals surface area contributed by atoms with E-state index < -0.39 is 6.10 Å². The summed E-state index contributed by atoms with van der Waals surface area (Å²) in [5.41, 5.74) is 2.21. The molecule has 0 aliphatic carbocycles. The first-order valence-corrected chi connectivity index (χ1v) is 6.21. The Bertz CT molecular complexity index is 398. The number of rotatable bonds is 5. The van der Waals surface area contributed by atoms with Crippen LogP contribution in [0.2, 0.25) is 0 Å². The molecular weight excluding hydrogens is 226 g/mol. The van der Waals surface area contributed by atoms with Gasteiger partial charge in [-0.25, -0.2) is 0 Å². The monoisotopic (exact) mass is 247 g/mol. The summed E-state index contributed by atoms with van der Waals surface area (Å²) in [6, 6.07) is 10.1. The van der Waals surface area contributed by atoms with Crippen LogP contribution >= 0.6 is 0 Å². The maximum atomic E-state index is 9.07. The Kier molecular flexibility index (Phi) is 5.33. The zero-order chi connectivity index (χ0) is 13.6. The van der Waals surface area contributed by atoms with E-state index in [0.29, 0.717) is 13.0 Å². The third kappa shape index (κ3) is 4.14. The van der Waals surface area contributed by atoms with E-state index in [0.717, 1.165) is 5.56 Å². The average Bonchev–Trinajstić information content (AvgIpc) is 2.34. The standard InChI is InChI=1S/C15H21NO2/c1-15(2,3)13-7-5-12(6-8-13)14(11-16)18-10-4-9-17/h5-8,14,17H,4,9-10H2,1-3H3. The third-order valence-corrected chi connectivity index (χ3v) is 2.78. The van der Waals surface area contributed by atoms with Crippen molar-refractivity contribution in [3.63, 3.8) is 0 Å². The van der Waals surface area contributed by atoms with Crippen LogP contribution in [0, 0.1) is 11.3 Å². The molecule has 0 saturated carbocycles. The van der Waals surface area contributed by atoms with Crippen molar-refractivity contribution in [3.05, 3.63) is 35.4 Å². The molecule has 1 N–H and O–H groups in total. The summed E-state index contributed by atoms with van der Waals surface area (Å²) in [4.78, 5) is 0. The van der Waals surface area contributed by atoms with Crippen LogP contribution in [-0.4, -0.2) is 18.3 Å². The van der Waals surface area contributed by atoms with Crippen LogP contribution in [0.15, 0.2) is 24.3 Å². The van der Waals surface area contributed by atoms with Crippen molar-refractivity contribution in [1.82, 2.24) is 0 Å². The smallest absolute Gasteiger partial charge is 0.169 e. The Morgan fingerprint density at radius 2 is 1.89 bits per heavy atom. The topological polar surface area (TPSA) is 53.2 Å². The molecule has 0 saturated heterocycles. The Morgan fingerprint density at radius 3 is 2.33 bits per heavy atom. The minimum atomic E-state index is -0.550. The molecule has 0 aliphatic heterocycles. The van der Waals surface area contributed by atoms with Gasteiger partial charge in [0.1, 0.15) is 0 Å². The van der Waals surface area contributed by atoms with E-state index in [-0.39, 0.29) is 12.0 Å². The highest BCUT2D eigenvalue weighted by Crippen LogP contribution is 2.24. The van der Waals surface area contributed by atoms with Gasteiger partial charge in [-0.15, -0.1) is 0 Å².